The molecule has 0 aliphatic heterocycles. The normalized spacial score (nSPS) is 20.2. The molecule has 0 spiro atoms. The third-order valence-electron chi connectivity index (χ3n) is 3.02. The van der Waals surface area contributed by atoms with E-state index in [0.717, 1.165) is 30.9 Å². The number of aryl methyl sites for hydroxylation is 1. The van der Waals surface area contributed by atoms with Gasteiger partial charge in [-0.15, -0.1) is 0 Å². The molecular weight excluding hydrogens is 188 g/mol. The molecule has 0 aromatic carbocycles. The van der Waals surface area contributed by atoms with Crippen LogP contribution in [0.3, 0.4) is 0 Å². The molecule has 0 bridgehead atoms. The Hall–Kier alpha value is -0.830. The Morgan fingerprint density at radius 3 is 2.87 bits per heavy atom. The van der Waals surface area contributed by atoms with Crippen molar-refractivity contribution in [3.8, 4) is 0 Å². The van der Waals surface area contributed by atoms with Crippen LogP contribution in [0.25, 0.3) is 0 Å². The zero-order chi connectivity index (χ0) is 10.9. The van der Waals surface area contributed by atoms with Crippen molar-refractivity contribution in [3.63, 3.8) is 0 Å². The van der Waals surface area contributed by atoms with E-state index in [1.165, 1.54) is 12.8 Å². The Bertz CT molecular complexity index is 326. The second kappa shape index (κ2) is 3.97. The highest BCUT2D eigenvalue weighted by Gasteiger charge is 2.31. The summed E-state index contributed by atoms with van der Waals surface area (Å²) in [6.45, 7) is 4.90. The number of aliphatic hydroxyl groups is 1. The van der Waals surface area contributed by atoms with Gasteiger partial charge in [0.1, 0.15) is 0 Å². The van der Waals surface area contributed by atoms with Gasteiger partial charge < -0.3 is 5.11 Å². The predicted molar refractivity (Wildman–Crippen MR) is 59.6 cm³/mol. The molecule has 1 saturated carbocycles. The summed E-state index contributed by atoms with van der Waals surface area (Å²) in [5.41, 5.74) is 0.588. The smallest absolute Gasteiger partial charge is 0.0663 e. The van der Waals surface area contributed by atoms with E-state index in [1.807, 2.05) is 24.0 Å². The minimum Gasteiger partial charge on any atom is -0.390 e. The largest absolute Gasteiger partial charge is 0.390 e. The van der Waals surface area contributed by atoms with Gasteiger partial charge in [0, 0.05) is 19.2 Å². The fourth-order valence-corrected chi connectivity index (χ4v) is 2.13. The Balaban J connectivity index is 1.93. The van der Waals surface area contributed by atoms with Gasteiger partial charge in [0.2, 0.25) is 0 Å². The van der Waals surface area contributed by atoms with Crippen molar-refractivity contribution in [2.75, 3.05) is 0 Å². The summed E-state index contributed by atoms with van der Waals surface area (Å²) < 4.78 is 1.91. The van der Waals surface area contributed by atoms with Crippen LogP contribution >= 0.6 is 0 Å². The molecule has 3 heteroatoms. The second-order valence-electron chi connectivity index (χ2n) is 5.03. The maximum Gasteiger partial charge on any atom is 0.0663 e. The molecular formula is C12H20N2O. The van der Waals surface area contributed by atoms with E-state index in [1.54, 1.807) is 0 Å². The van der Waals surface area contributed by atoms with Crippen molar-refractivity contribution >= 4 is 0 Å². The van der Waals surface area contributed by atoms with E-state index in [2.05, 4.69) is 12.0 Å². The van der Waals surface area contributed by atoms with E-state index >= 15 is 0 Å². The summed E-state index contributed by atoms with van der Waals surface area (Å²) in [6.07, 6.45) is 8.15. The molecule has 0 saturated heterocycles. The summed E-state index contributed by atoms with van der Waals surface area (Å²) in [5.74, 6) is 0.765. The maximum atomic E-state index is 10.2. The van der Waals surface area contributed by atoms with Gasteiger partial charge in [0.05, 0.1) is 11.8 Å². The van der Waals surface area contributed by atoms with Crippen molar-refractivity contribution in [3.05, 3.63) is 18.0 Å². The van der Waals surface area contributed by atoms with E-state index in [0.29, 0.717) is 0 Å². The molecule has 1 fully saturated rings. The van der Waals surface area contributed by atoms with Gasteiger partial charge in [0.25, 0.3) is 0 Å². The van der Waals surface area contributed by atoms with Crippen LogP contribution in [-0.4, -0.2) is 20.5 Å². The van der Waals surface area contributed by atoms with Crippen molar-refractivity contribution in [1.29, 1.82) is 0 Å². The molecule has 0 amide bonds. The van der Waals surface area contributed by atoms with Crippen LogP contribution in [0.4, 0.5) is 0 Å². The zero-order valence-electron chi connectivity index (χ0n) is 9.61. The third-order valence-corrected chi connectivity index (χ3v) is 3.02. The van der Waals surface area contributed by atoms with Crippen LogP contribution in [0.1, 0.15) is 38.7 Å². The lowest BCUT2D eigenvalue weighted by atomic mass is 9.92. The Labute approximate surface area is 91.1 Å². The lowest BCUT2D eigenvalue weighted by molar-refractivity contribution is 0.0455. The summed E-state index contributed by atoms with van der Waals surface area (Å²) in [4.78, 5) is 0. The highest BCUT2D eigenvalue weighted by Crippen LogP contribution is 2.37. The van der Waals surface area contributed by atoms with E-state index in [4.69, 9.17) is 0 Å². The number of hydrogen-bond donors (Lipinski definition) is 1. The number of nitrogens with zero attached hydrogens (tertiary/aromatic N) is 2. The molecule has 1 aromatic heterocycles. The first-order chi connectivity index (χ1) is 7.09. The molecule has 2 rings (SSSR count). The fourth-order valence-electron chi connectivity index (χ4n) is 2.13. The topological polar surface area (TPSA) is 38.0 Å². The molecule has 1 heterocycles. The standard InChI is InChI=1S/C12H20N2O/c1-3-14-9-11(8-13-14)7-12(2,15)6-10-4-5-10/h8-10,15H,3-7H2,1-2H3. The molecule has 84 valence electrons. The quantitative estimate of drug-likeness (QED) is 0.803. The third kappa shape index (κ3) is 3.06. The second-order valence-corrected chi connectivity index (χ2v) is 5.03. The number of aromatic nitrogens is 2. The number of hydrogen-bond acceptors (Lipinski definition) is 2. The highest BCUT2D eigenvalue weighted by molar-refractivity contribution is 5.08. The molecule has 1 aromatic rings. The Kier molecular flexibility index (Phi) is 2.83. The van der Waals surface area contributed by atoms with Gasteiger partial charge in [-0.2, -0.15) is 5.10 Å². The fraction of sp³-hybridized carbons (Fsp3) is 0.750. The lowest BCUT2D eigenvalue weighted by Gasteiger charge is -2.22. The van der Waals surface area contributed by atoms with Crippen LogP contribution in [0.5, 0.6) is 0 Å². The van der Waals surface area contributed by atoms with Gasteiger partial charge in [-0.05, 0) is 31.7 Å². The Morgan fingerprint density at radius 2 is 2.33 bits per heavy atom. The van der Waals surface area contributed by atoms with E-state index < -0.39 is 5.60 Å². The summed E-state index contributed by atoms with van der Waals surface area (Å²) >= 11 is 0. The molecule has 3 nitrogen and oxygen atoms in total. The van der Waals surface area contributed by atoms with Crippen molar-refractivity contribution < 1.29 is 5.11 Å². The van der Waals surface area contributed by atoms with Crippen molar-refractivity contribution in [1.82, 2.24) is 9.78 Å². The molecule has 1 aliphatic carbocycles. The highest BCUT2D eigenvalue weighted by atomic mass is 16.3. The first-order valence-corrected chi connectivity index (χ1v) is 5.83. The van der Waals surface area contributed by atoms with E-state index in [9.17, 15) is 5.11 Å². The molecule has 1 aliphatic rings. The maximum absolute atomic E-state index is 10.2. The van der Waals surface area contributed by atoms with Crippen molar-refractivity contribution in [2.45, 2.75) is 51.7 Å². The zero-order valence-corrected chi connectivity index (χ0v) is 9.61. The minimum absolute atomic E-state index is 0.553. The van der Waals surface area contributed by atoms with Crippen LogP contribution < -0.4 is 0 Å². The average Bonchev–Trinajstić information content (AvgIpc) is 2.82. The van der Waals surface area contributed by atoms with Gasteiger partial charge in [-0.3, -0.25) is 4.68 Å². The summed E-state index contributed by atoms with van der Waals surface area (Å²) in [7, 11) is 0. The Morgan fingerprint density at radius 1 is 1.60 bits per heavy atom. The SMILES string of the molecule is CCn1cc(CC(C)(O)CC2CC2)cn1. The van der Waals surface area contributed by atoms with Crippen LogP contribution in [0, 0.1) is 5.92 Å². The first-order valence-electron chi connectivity index (χ1n) is 5.83. The van der Waals surface area contributed by atoms with Gasteiger partial charge in [-0.1, -0.05) is 12.8 Å². The van der Waals surface area contributed by atoms with Crippen LogP contribution in [0.2, 0.25) is 0 Å². The average molecular weight is 208 g/mol. The van der Waals surface area contributed by atoms with E-state index in [-0.39, 0.29) is 0 Å². The molecule has 1 N–H and O–H groups in total. The summed E-state index contributed by atoms with van der Waals surface area (Å²) in [6, 6.07) is 0. The number of rotatable bonds is 5. The van der Waals surface area contributed by atoms with Crippen LogP contribution in [-0.2, 0) is 13.0 Å². The minimum atomic E-state index is -0.553. The van der Waals surface area contributed by atoms with Gasteiger partial charge >= 0.3 is 0 Å². The van der Waals surface area contributed by atoms with Crippen LogP contribution in [0.15, 0.2) is 12.4 Å². The van der Waals surface area contributed by atoms with Crippen molar-refractivity contribution in [2.24, 2.45) is 5.92 Å². The monoisotopic (exact) mass is 208 g/mol. The van der Waals surface area contributed by atoms with Gasteiger partial charge in [-0.25, -0.2) is 0 Å². The molecule has 0 radical (unpaired) electrons. The summed E-state index contributed by atoms with van der Waals surface area (Å²) in [5, 5.41) is 14.4. The molecule has 15 heavy (non-hydrogen) atoms. The van der Waals surface area contributed by atoms with Gasteiger partial charge in [0.15, 0.2) is 0 Å². The molecule has 1 atom stereocenters. The predicted octanol–water partition coefficient (Wildman–Crippen LogP) is 2.00. The first kappa shape index (κ1) is 10.7. The lowest BCUT2D eigenvalue weighted by Crippen LogP contribution is -2.27. The molecule has 1 unspecified atom stereocenters.